The summed E-state index contributed by atoms with van der Waals surface area (Å²) < 4.78 is 18.4. The van der Waals surface area contributed by atoms with Gasteiger partial charge in [0.25, 0.3) is 0 Å². The molecular weight excluding hydrogens is 252 g/mol. The van der Waals surface area contributed by atoms with E-state index in [-0.39, 0.29) is 16.8 Å². The zero-order valence-corrected chi connectivity index (χ0v) is 13.8. The summed E-state index contributed by atoms with van der Waals surface area (Å²) in [4.78, 5) is 0. The lowest BCUT2D eigenvalue weighted by atomic mass is 9.71. The zero-order valence-electron chi connectivity index (χ0n) is 13.8. The SMILES string of the molecule is CCOC1(CC)CCC2(CCC(CC)(CC)OC2)CO1. The van der Waals surface area contributed by atoms with Crippen LogP contribution in [-0.2, 0) is 14.2 Å². The second kappa shape index (κ2) is 6.33. The first kappa shape index (κ1) is 16.3. The highest BCUT2D eigenvalue weighted by Crippen LogP contribution is 2.47. The third-order valence-corrected chi connectivity index (χ3v) is 5.71. The van der Waals surface area contributed by atoms with Gasteiger partial charge < -0.3 is 14.2 Å². The van der Waals surface area contributed by atoms with E-state index in [4.69, 9.17) is 14.2 Å². The van der Waals surface area contributed by atoms with Gasteiger partial charge in [-0.25, -0.2) is 0 Å². The van der Waals surface area contributed by atoms with Crippen LogP contribution < -0.4 is 0 Å². The first-order valence-corrected chi connectivity index (χ1v) is 8.49. The fourth-order valence-corrected chi connectivity index (χ4v) is 3.70. The summed E-state index contributed by atoms with van der Waals surface area (Å²) >= 11 is 0. The lowest BCUT2D eigenvalue weighted by Crippen LogP contribution is -2.52. The Kier molecular flexibility index (Phi) is 5.14. The summed E-state index contributed by atoms with van der Waals surface area (Å²) in [5.41, 5.74) is 0.369. The monoisotopic (exact) mass is 284 g/mol. The van der Waals surface area contributed by atoms with Crippen LogP contribution in [0, 0.1) is 5.41 Å². The molecule has 0 amide bonds. The molecule has 0 radical (unpaired) electrons. The van der Waals surface area contributed by atoms with Gasteiger partial charge >= 0.3 is 0 Å². The number of rotatable bonds is 5. The molecule has 2 saturated heterocycles. The van der Waals surface area contributed by atoms with E-state index >= 15 is 0 Å². The van der Waals surface area contributed by atoms with Gasteiger partial charge in [0.1, 0.15) is 0 Å². The van der Waals surface area contributed by atoms with E-state index in [0.717, 1.165) is 45.5 Å². The van der Waals surface area contributed by atoms with Gasteiger partial charge in [0.15, 0.2) is 5.79 Å². The molecule has 0 aromatic heterocycles. The summed E-state index contributed by atoms with van der Waals surface area (Å²) in [6, 6.07) is 0. The van der Waals surface area contributed by atoms with E-state index in [1.807, 2.05) is 6.92 Å². The summed E-state index contributed by atoms with van der Waals surface area (Å²) in [5, 5.41) is 0. The molecule has 3 heteroatoms. The van der Waals surface area contributed by atoms with Gasteiger partial charge in [-0.2, -0.15) is 0 Å². The molecule has 2 heterocycles. The number of ether oxygens (including phenoxy) is 3. The maximum absolute atomic E-state index is 6.30. The normalized spacial score (nSPS) is 37.2. The van der Waals surface area contributed by atoms with Gasteiger partial charge in [0.05, 0.1) is 18.8 Å². The highest BCUT2D eigenvalue weighted by atomic mass is 16.7. The minimum Gasteiger partial charge on any atom is -0.374 e. The summed E-state index contributed by atoms with van der Waals surface area (Å²) in [5.74, 6) is -0.329. The Morgan fingerprint density at radius 3 is 1.85 bits per heavy atom. The van der Waals surface area contributed by atoms with Gasteiger partial charge in [-0.05, 0) is 45.4 Å². The Balaban J connectivity index is 1.94. The first-order chi connectivity index (χ1) is 9.57. The lowest BCUT2D eigenvalue weighted by Gasteiger charge is -2.51. The van der Waals surface area contributed by atoms with Crippen molar-refractivity contribution in [3.63, 3.8) is 0 Å². The van der Waals surface area contributed by atoms with Gasteiger partial charge in [-0.3, -0.25) is 0 Å². The molecule has 118 valence electrons. The molecule has 0 aliphatic carbocycles. The molecular formula is C17H32O3. The van der Waals surface area contributed by atoms with Crippen LogP contribution in [0.1, 0.15) is 72.6 Å². The molecule has 2 aliphatic heterocycles. The zero-order chi connectivity index (χ0) is 14.7. The van der Waals surface area contributed by atoms with E-state index < -0.39 is 0 Å². The Labute approximate surface area is 124 Å². The molecule has 2 rings (SSSR count). The van der Waals surface area contributed by atoms with Crippen LogP contribution in [0.25, 0.3) is 0 Å². The van der Waals surface area contributed by atoms with E-state index in [0.29, 0.717) is 0 Å². The summed E-state index contributed by atoms with van der Waals surface area (Å²) in [7, 11) is 0. The van der Waals surface area contributed by atoms with Crippen LogP contribution in [0.15, 0.2) is 0 Å². The molecule has 0 bridgehead atoms. The molecule has 2 unspecified atom stereocenters. The van der Waals surface area contributed by atoms with Crippen molar-refractivity contribution in [2.45, 2.75) is 84.0 Å². The maximum atomic E-state index is 6.30. The molecule has 3 nitrogen and oxygen atoms in total. The van der Waals surface area contributed by atoms with Crippen molar-refractivity contribution in [1.82, 2.24) is 0 Å². The minimum absolute atomic E-state index is 0.129. The molecule has 0 aromatic rings. The van der Waals surface area contributed by atoms with Crippen molar-refractivity contribution in [2.75, 3.05) is 19.8 Å². The minimum atomic E-state index is -0.329. The van der Waals surface area contributed by atoms with Crippen LogP contribution >= 0.6 is 0 Å². The molecule has 2 atom stereocenters. The fourth-order valence-electron chi connectivity index (χ4n) is 3.70. The third-order valence-electron chi connectivity index (χ3n) is 5.71. The average molecular weight is 284 g/mol. The van der Waals surface area contributed by atoms with Crippen LogP contribution in [0.3, 0.4) is 0 Å². The Hall–Kier alpha value is -0.120. The van der Waals surface area contributed by atoms with E-state index in [9.17, 15) is 0 Å². The topological polar surface area (TPSA) is 27.7 Å². The van der Waals surface area contributed by atoms with Gasteiger partial charge in [-0.15, -0.1) is 0 Å². The molecule has 0 saturated carbocycles. The van der Waals surface area contributed by atoms with Crippen molar-refractivity contribution < 1.29 is 14.2 Å². The van der Waals surface area contributed by atoms with Crippen molar-refractivity contribution >= 4 is 0 Å². The molecule has 20 heavy (non-hydrogen) atoms. The quantitative estimate of drug-likeness (QED) is 0.753. The maximum Gasteiger partial charge on any atom is 0.168 e. The molecule has 2 fully saturated rings. The second-order valence-electron chi connectivity index (χ2n) is 6.66. The fraction of sp³-hybridized carbons (Fsp3) is 1.00. The van der Waals surface area contributed by atoms with Crippen LogP contribution in [0.5, 0.6) is 0 Å². The van der Waals surface area contributed by atoms with E-state index in [1.165, 1.54) is 19.3 Å². The standard InChI is InChI=1S/C17H32O3/c1-5-16(6-2)11-9-15(13-19-16)10-12-17(7-3,18-8-4)20-14-15/h5-14H2,1-4H3. The van der Waals surface area contributed by atoms with Gasteiger partial charge in [0, 0.05) is 18.4 Å². The largest absolute Gasteiger partial charge is 0.374 e. The summed E-state index contributed by atoms with van der Waals surface area (Å²) in [6.45, 7) is 11.1. The van der Waals surface area contributed by atoms with E-state index in [1.54, 1.807) is 0 Å². The molecule has 1 spiro atoms. The van der Waals surface area contributed by atoms with Crippen molar-refractivity contribution in [3.05, 3.63) is 0 Å². The van der Waals surface area contributed by atoms with Crippen molar-refractivity contribution in [2.24, 2.45) is 5.41 Å². The third kappa shape index (κ3) is 3.05. The van der Waals surface area contributed by atoms with Crippen molar-refractivity contribution in [3.8, 4) is 0 Å². The summed E-state index contributed by atoms with van der Waals surface area (Å²) in [6.07, 6.45) is 7.77. The Bertz CT molecular complexity index is 289. The second-order valence-corrected chi connectivity index (χ2v) is 6.66. The molecule has 0 N–H and O–H groups in total. The number of hydrogen-bond donors (Lipinski definition) is 0. The Morgan fingerprint density at radius 1 is 0.800 bits per heavy atom. The number of hydrogen-bond acceptors (Lipinski definition) is 3. The molecule has 2 aliphatic rings. The lowest BCUT2D eigenvalue weighted by molar-refractivity contribution is -0.293. The van der Waals surface area contributed by atoms with E-state index in [2.05, 4.69) is 20.8 Å². The molecule has 0 aromatic carbocycles. The van der Waals surface area contributed by atoms with Gasteiger partial charge in [0.2, 0.25) is 0 Å². The van der Waals surface area contributed by atoms with Crippen LogP contribution in [-0.4, -0.2) is 31.2 Å². The van der Waals surface area contributed by atoms with Crippen LogP contribution in [0.2, 0.25) is 0 Å². The highest BCUT2D eigenvalue weighted by Gasteiger charge is 2.48. The predicted molar refractivity (Wildman–Crippen MR) is 80.8 cm³/mol. The average Bonchev–Trinajstić information content (AvgIpc) is 2.52. The van der Waals surface area contributed by atoms with Gasteiger partial charge in [-0.1, -0.05) is 20.8 Å². The predicted octanol–water partition coefficient (Wildman–Crippen LogP) is 4.30. The highest BCUT2D eigenvalue weighted by molar-refractivity contribution is 4.94. The Morgan fingerprint density at radius 2 is 1.45 bits per heavy atom. The smallest absolute Gasteiger partial charge is 0.168 e. The first-order valence-electron chi connectivity index (χ1n) is 8.49. The van der Waals surface area contributed by atoms with Crippen molar-refractivity contribution in [1.29, 1.82) is 0 Å². The van der Waals surface area contributed by atoms with Crippen LogP contribution in [0.4, 0.5) is 0 Å².